The van der Waals surface area contributed by atoms with E-state index in [0.29, 0.717) is 42.4 Å². The lowest BCUT2D eigenvalue weighted by molar-refractivity contribution is -0.00891. The molecule has 7 atom stereocenters. The second-order valence-electron chi connectivity index (χ2n) is 11.2. The Hall–Kier alpha value is -0.940. The zero-order chi connectivity index (χ0) is 22.8. The Morgan fingerprint density at radius 2 is 2.00 bits per heavy atom. The number of rotatable bonds is 7. The molecule has 176 valence electrons. The topological polar surface area (TPSA) is 80.9 Å². The molecule has 0 aromatic carbocycles. The van der Waals surface area contributed by atoms with Gasteiger partial charge in [-0.3, -0.25) is 0 Å². The maximum atomic E-state index is 10.1. The number of fused-ring (bicyclic) bond motifs is 1. The van der Waals surface area contributed by atoms with E-state index in [2.05, 4.69) is 32.6 Å². The first kappa shape index (κ1) is 24.7. The van der Waals surface area contributed by atoms with Crippen LogP contribution in [0.1, 0.15) is 85.0 Å². The average molecular weight is 433 g/mol. The second-order valence-corrected chi connectivity index (χ2v) is 11.2. The van der Waals surface area contributed by atoms with Gasteiger partial charge in [-0.05, 0) is 86.2 Å². The van der Waals surface area contributed by atoms with E-state index in [9.17, 15) is 20.4 Å². The lowest BCUT2D eigenvalue weighted by Gasteiger charge is -2.44. The lowest BCUT2D eigenvalue weighted by Crippen LogP contribution is -2.36. The monoisotopic (exact) mass is 432 g/mol. The third kappa shape index (κ3) is 5.52. The van der Waals surface area contributed by atoms with E-state index >= 15 is 0 Å². The van der Waals surface area contributed by atoms with Crippen LogP contribution in [0.3, 0.4) is 0 Å². The summed E-state index contributed by atoms with van der Waals surface area (Å²) in [7, 11) is 0. The van der Waals surface area contributed by atoms with E-state index in [4.69, 9.17) is 0 Å². The molecule has 0 amide bonds. The Morgan fingerprint density at radius 3 is 2.71 bits per heavy atom. The lowest BCUT2D eigenvalue weighted by atomic mass is 9.60. The molecular formula is C27H44O4. The molecule has 0 saturated heterocycles. The van der Waals surface area contributed by atoms with E-state index in [1.807, 2.05) is 0 Å². The minimum Gasteiger partial charge on any atom is -0.393 e. The summed E-state index contributed by atoms with van der Waals surface area (Å²) >= 11 is 0. The molecule has 4 N–H and O–H groups in total. The van der Waals surface area contributed by atoms with Gasteiger partial charge in [0.1, 0.15) is 0 Å². The first-order valence-corrected chi connectivity index (χ1v) is 12.4. The Balaban J connectivity index is 1.68. The van der Waals surface area contributed by atoms with Gasteiger partial charge >= 0.3 is 0 Å². The molecule has 3 aliphatic rings. The molecule has 1 unspecified atom stereocenters. The van der Waals surface area contributed by atoms with Crippen LogP contribution in [0.5, 0.6) is 0 Å². The highest BCUT2D eigenvalue weighted by molar-refractivity contribution is 5.38. The number of allylic oxidation sites excluding steroid dienone is 3. The van der Waals surface area contributed by atoms with Gasteiger partial charge in [-0.2, -0.15) is 0 Å². The van der Waals surface area contributed by atoms with Gasteiger partial charge in [-0.15, -0.1) is 0 Å². The van der Waals surface area contributed by atoms with Crippen LogP contribution in [0.2, 0.25) is 0 Å². The van der Waals surface area contributed by atoms with Gasteiger partial charge in [0.2, 0.25) is 0 Å². The van der Waals surface area contributed by atoms with Crippen molar-refractivity contribution in [1.29, 1.82) is 0 Å². The molecule has 31 heavy (non-hydrogen) atoms. The zero-order valence-electron chi connectivity index (χ0n) is 19.8. The van der Waals surface area contributed by atoms with Crippen LogP contribution >= 0.6 is 0 Å². The van der Waals surface area contributed by atoms with Gasteiger partial charge < -0.3 is 20.4 Å². The molecule has 3 rings (SSSR count). The standard InChI is InChI=1S/C27H44O4/c1-18(7-5-13-26(3,31)17-28)23-11-12-24-20(8-6-14-27(23,24)4)9-10-21-15-22(29)16-25(30)19(21)2/h9-10,18,22-25,28-31H,2,5-8,11-17H2,1,3-4H3/b20-9?,21-10-/t18-,22-,23-,24?,25-,26+,27-/m1/s1. The van der Waals surface area contributed by atoms with E-state index in [0.717, 1.165) is 30.4 Å². The Labute approximate surface area is 188 Å². The fourth-order valence-corrected chi connectivity index (χ4v) is 6.76. The van der Waals surface area contributed by atoms with E-state index in [-0.39, 0.29) is 6.61 Å². The molecule has 0 aromatic rings. The van der Waals surface area contributed by atoms with Gasteiger partial charge in [0.25, 0.3) is 0 Å². The van der Waals surface area contributed by atoms with Crippen LogP contribution in [0.4, 0.5) is 0 Å². The third-order valence-corrected chi connectivity index (χ3v) is 8.70. The van der Waals surface area contributed by atoms with Crippen molar-refractivity contribution < 1.29 is 20.4 Å². The van der Waals surface area contributed by atoms with Crippen molar-refractivity contribution in [2.24, 2.45) is 23.2 Å². The number of aliphatic hydroxyl groups is 4. The molecule has 0 heterocycles. The summed E-state index contributed by atoms with van der Waals surface area (Å²) in [5.74, 6) is 1.92. The highest BCUT2D eigenvalue weighted by atomic mass is 16.3. The summed E-state index contributed by atoms with van der Waals surface area (Å²) in [4.78, 5) is 0. The molecular weight excluding hydrogens is 388 g/mol. The minimum atomic E-state index is -0.958. The largest absolute Gasteiger partial charge is 0.393 e. The van der Waals surface area contributed by atoms with Crippen LogP contribution in [-0.2, 0) is 0 Å². The summed E-state index contributed by atoms with van der Waals surface area (Å²) < 4.78 is 0. The Bertz CT molecular complexity index is 706. The van der Waals surface area contributed by atoms with E-state index < -0.39 is 17.8 Å². The fraction of sp³-hybridized carbons (Fsp3) is 0.778. The fourth-order valence-electron chi connectivity index (χ4n) is 6.76. The van der Waals surface area contributed by atoms with Gasteiger partial charge in [-0.25, -0.2) is 0 Å². The summed E-state index contributed by atoms with van der Waals surface area (Å²) in [5, 5.41) is 39.5. The van der Waals surface area contributed by atoms with Crippen molar-refractivity contribution in [1.82, 2.24) is 0 Å². The first-order chi connectivity index (χ1) is 14.6. The smallest absolute Gasteiger partial charge is 0.0849 e. The zero-order valence-corrected chi connectivity index (χ0v) is 19.8. The maximum absolute atomic E-state index is 10.1. The molecule has 4 heteroatoms. The maximum Gasteiger partial charge on any atom is 0.0849 e. The van der Waals surface area contributed by atoms with E-state index in [1.54, 1.807) is 6.92 Å². The number of hydrogen-bond acceptors (Lipinski definition) is 4. The first-order valence-electron chi connectivity index (χ1n) is 12.4. The van der Waals surface area contributed by atoms with Gasteiger partial charge in [0.15, 0.2) is 0 Å². The van der Waals surface area contributed by atoms with Crippen LogP contribution in [0.25, 0.3) is 0 Å². The number of hydrogen-bond donors (Lipinski definition) is 4. The molecule has 0 radical (unpaired) electrons. The summed E-state index contributed by atoms with van der Waals surface area (Å²) in [6.07, 6.45) is 13.1. The Morgan fingerprint density at radius 1 is 1.26 bits per heavy atom. The second kappa shape index (κ2) is 9.91. The summed E-state index contributed by atoms with van der Waals surface area (Å²) in [6.45, 7) is 10.5. The molecule has 3 aliphatic carbocycles. The van der Waals surface area contributed by atoms with Gasteiger partial charge in [0.05, 0.1) is 24.4 Å². The van der Waals surface area contributed by atoms with E-state index in [1.165, 1.54) is 31.3 Å². The number of aliphatic hydroxyl groups excluding tert-OH is 3. The molecule has 0 spiro atoms. The molecule has 0 bridgehead atoms. The van der Waals surface area contributed by atoms with Crippen molar-refractivity contribution in [3.63, 3.8) is 0 Å². The van der Waals surface area contributed by atoms with Crippen molar-refractivity contribution in [3.05, 3.63) is 35.5 Å². The SMILES string of the molecule is C=C1/C(=C\C=C2CCC[C@@]3(C)C2CC[C@@H]3[C@H](C)CCC[C@](C)(O)CO)C[C@@H](O)C[C@H]1O. The molecule has 0 aliphatic heterocycles. The predicted octanol–water partition coefficient (Wildman–Crippen LogP) is 4.68. The Kier molecular flexibility index (Phi) is 7.89. The predicted molar refractivity (Wildman–Crippen MR) is 125 cm³/mol. The van der Waals surface area contributed by atoms with Crippen LogP contribution in [0, 0.1) is 23.2 Å². The molecule has 4 nitrogen and oxygen atoms in total. The highest BCUT2D eigenvalue weighted by Gasteiger charge is 2.50. The molecule has 3 fully saturated rings. The molecule has 3 saturated carbocycles. The van der Waals surface area contributed by atoms with Crippen molar-refractivity contribution in [2.75, 3.05) is 6.61 Å². The van der Waals surface area contributed by atoms with Crippen LogP contribution < -0.4 is 0 Å². The van der Waals surface area contributed by atoms with Crippen molar-refractivity contribution in [3.8, 4) is 0 Å². The normalized spacial score (nSPS) is 39.5. The minimum absolute atomic E-state index is 0.172. The highest BCUT2D eigenvalue weighted by Crippen LogP contribution is 2.60. The van der Waals surface area contributed by atoms with Crippen molar-refractivity contribution in [2.45, 2.75) is 103 Å². The summed E-state index contributed by atoms with van der Waals surface area (Å²) in [6, 6.07) is 0. The molecule has 0 aromatic heterocycles. The van der Waals surface area contributed by atoms with Gasteiger partial charge in [-0.1, -0.05) is 51.0 Å². The van der Waals surface area contributed by atoms with Crippen molar-refractivity contribution >= 4 is 0 Å². The van der Waals surface area contributed by atoms with Crippen LogP contribution in [-0.4, -0.2) is 44.8 Å². The summed E-state index contributed by atoms with van der Waals surface area (Å²) in [5.41, 5.74) is 2.65. The van der Waals surface area contributed by atoms with Crippen LogP contribution in [0.15, 0.2) is 35.5 Å². The average Bonchev–Trinajstić information content (AvgIpc) is 3.07. The quantitative estimate of drug-likeness (QED) is 0.471. The van der Waals surface area contributed by atoms with Gasteiger partial charge in [0, 0.05) is 6.42 Å². The third-order valence-electron chi connectivity index (χ3n) is 8.70.